The minimum absolute atomic E-state index is 0.00699. The van der Waals surface area contributed by atoms with E-state index in [1.807, 2.05) is 6.92 Å². The lowest BCUT2D eigenvalue weighted by Gasteiger charge is -2.25. The van der Waals surface area contributed by atoms with Gasteiger partial charge >= 0.3 is 0 Å². The van der Waals surface area contributed by atoms with Crippen LogP contribution in [-0.4, -0.2) is 42.0 Å². The molecule has 1 N–H and O–H groups in total. The van der Waals surface area contributed by atoms with Crippen LogP contribution in [0.25, 0.3) is 5.76 Å². The second-order valence-electron chi connectivity index (χ2n) is 9.35. The summed E-state index contributed by atoms with van der Waals surface area (Å²) in [5.41, 5.74) is 0.998. The maximum absolute atomic E-state index is 13.4. The Balaban J connectivity index is 1.75. The summed E-state index contributed by atoms with van der Waals surface area (Å²) < 4.78 is 22.6. The van der Waals surface area contributed by atoms with Crippen molar-refractivity contribution >= 4 is 17.4 Å². The first-order chi connectivity index (χ1) is 19.0. The molecule has 1 saturated heterocycles. The molecule has 0 radical (unpaired) electrons. The first kappa shape index (κ1) is 27.8. The molecule has 1 aliphatic rings. The van der Waals surface area contributed by atoms with E-state index >= 15 is 0 Å². The van der Waals surface area contributed by atoms with Gasteiger partial charge in [-0.05, 0) is 66.9 Å². The van der Waals surface area contributed by atoms with Gasteiger partial charge in [-0.25, -0.2) is 0 Å². The number of carbonyl (C=O) groups excluding carboxylic acids is 2. The number of amides is 1. The summed E-state index contributed by atoms with van der Waals surface area (Å²) in [6.07, 6.45) is 5.45. The second-order valence-corrected chi connectivity index (χ2v) is 9.35. The molecule has 1 aromatic heterocycles. The van der Waals surface area contributed by atoms with Crippen LogP contribution in [0, 0.1) is 0 Å². The number of ether oxygens (including phenoxy) is 3. The van der Waals surface area contributed by atoms with E-state index < -0.39 is 17.7 Å². The number of hydrogen-bond donors (Lipinski definition) is 1. The highest BCUT2D eigenvalue weighted by Crippen LogP contribution is 2.43. The molecule has 0 saturated carbocycles. The number of furan rings is 1. The molecular formula is C31H35NO7. The van der Waals surface area contributed by atoms with Crippen molar-refractivity contribution in [3.05, 3.63) is 83.3 Å². The van der Waals surface area contributed by atoms with Gasteiger partial charge in [-0.2, -0.15) is 0 Å². The van der Waals surface area contributed by atoms with Crippen LogP contribution in [0.15, 0.2) is 70.9 Å². The molecule has 0 aliphatic carbocycles. The van der Waals surface area contributed by atoms with Crippen LogP contribution in [0.2, 0.25) is 0 Å². The number of aliphatic hydroxyl groups is 1. The fourth-order valence-electron chi connectivity index (χ4n) is 4.55. The number of methoxy groups -OCH3 is 1. The monoisotopic (exact) mass is 533 g/mol. The summed E-state index contributed by atoms with van der Waals surface area (Å²) in [6, 6.07) is 14.7. The van der Waals surface area contributed by atoms with Crippen LogP contribution in [0.1, 0.15) is 62.5 Å². The molecule has 8 heteroatoms. The number of ketones is 1. The normalized spacial score (nSPS) is 16.5. The summed E-state index contributed by atoms with van der Waals surface area (Å²) in [5, 5.41) is 11.4. The van der Waals surface area contributed by atoms with E-state index in [0.29, 0.717) is 47.3 Å². The maximum Gasteiger partial charge on any atom is 0.296 e. The largest absolute Gasteiger partial charge is 0.507 e. The number of carbonyl (C=O) groups is 2. The van der Waals surface area contributed by atoms with E-state index in [1.165, 1.54) is 11.2 Å². The zero-order valence-electron chi connectivity index (χ0n) is 22.6. The third-order valence-corrected chi connectivity index (χ3v) is 6.56. The van der Waals surface area contributed by atoms with Crippen molar-refractivity contribution in [3.63, 3.8) is 0 Å². The van der Waals surface area contributed by atoms with Gasteiger partial charge in [-0.15, -0.1) is 0 Å². The van der Waals surface area contributed by atoms with Gasteiger partial charge in [0, 0.05) is 5.56 Å². The zero-order chi connectivity index (χ0) is 27.8. The number of nitrogens with zero attached hydrogens (tertiary/aromatic N) is 1. The van der Waals surface area contributed by atoms with Crippen molar-refractivity contribution in [1.29, 1.82) is 0 Å². The third-order valence-electron chi connectivity index (χ3n) is 6.56. The van der Waals surface area contributed by atoms with Crippen molar-refractivity contribution in [1.82, 2.24) is 4.90 Å². The molecule has 1 amide bonds. The molecule has 39 heavy (non-hydrogen) atoms. The van der Waals surface area contributed by atoms with Crippen molar-refractivity contribution in [2.45, 2.75) is 52.1 Å². The van der Waals surface area contributed by atoms with Crippen LogP contribution in [-0.2, 0) is 16.1 Å². The lowest BCUT2D eigenvalue weighted by atomic mass is 9.95. The van der Waals surface area contributed by atoms with Gasteiger partial charge in [0.15, 0.2) is 11.5 Å². The van der Waals surface area contributed by atoms with Gasteiger partial charge in [0.25, 0.3) is 11.7 Å². The van der Waals surface area contributed by atoms with Crippen molar-refractivity contribution in [2.24, 2.45) is 0 Å². The molecule has 0 spiro atoms. The quantitative estimate of drug-likeness (QED) is 0.120. The summed E-state index contributed by atoms with van der Waals surface area (Å²) in [4.78, 5) is 28.0. The van der Waals surface area contributed by atoms with Gasteiger partial charge in [0.2, 0.25) is 0 Å². The number of aliphatic hydroxyl groups excluding tert-OH is 1. The Morgan fingerprint density at radius 1 is 0.949 bits per heavy atom. The number of Topliss-reactive ketones (excluding diaryl/α,β-unsaturated/α-hetero) is 1. The van der Waals surface area contributed by atoms with E-state index in [0.717, 1.165) is 25.7 Å². The first-order valence-electron chi connectivity index (χ1n) is 13.3. The molecule has 4 rings (SSSR count). The van der Waals surface area contributed by atoms with Crippen LogP contribution in [0.4, 0.5) is 0 Å². The predicted molar refractivity (Wildman–Crippen MR) is 147 cm³/mol. The summed E-state index contributed by atoms with van der Waals surface area (Å²) in [7, 11) is 1.54. The topological polar surface area (TPSA) is 98.4 Å². The maximum atomic E-state index is 13.4. The standard InChI is InChI=1S/C31H35NO7/c1-4-6-7-17-39-25-15-12-22(19-26(25)36-3)28-27(29(33)21-10-13-23(14-11-21)37-16-5-2)30(34)31(35)32(28)20-24-9-8-18-38-24/h8-15,18-19,28,33H,4-7,16-17,20H2,1-3H3/t28-/m1/s1. The van der Waals surface area contributed by atoms with E-state index in [1.54, 1.807) is 61.7 Å². The molecule has 8 nitrogen and oxygen atoms in total. The molecule has 1 fully saturated rings. The number of unbranched alkanes of at least 4 members (excludes halogenated alkanes) is 2. The molecule has 0 bridgehead atoms. The Morgan fingerprint density at radius 3 is 2.41 bits per heavy atom. The molecule has 1 aliphatic heterocycles. The number of rotatable bonds is 13. The second kappa shape index (κ2) is 13.0. The fourth-order valence-corrected chi connectivity index (χ4v) is 4.55. The fraction of sp³-hybridized carbons (Fsp3) is 0.355. The van der Waals surface area contributed by atoms with Crippen molar-refractivity contribution in [3.8, 4) is 17.2 Å². The predicted octanol–water partition coefficient (Wildman–Crippen LogP) is 6.27. The Bertz CT molecular complexity index is 1290. The Labute approximate surface area is 228 Å². The lowest BCUT2D eigenvalue weighted by molar-refractivity contribution is -0.140. The highest BCUT2D eigenvalue weighted by atomic mass is 16.5. The van der Waals surface area contributed by atoms with Gasteiger partial charge in [-0.1, -0.05) is 32.8 Å². The summed E-state index contributed by atoms with van der Waals surface area (Å²) in [5.74, 6) is 0.466. The smallest absolute Gasteiger partial charge is 0.296 e. The molecule has 2 aromatic carbocycles. The Morgan fingerprint density at radius 2 is 1.74 bits per heavy atom. The molecule has 0 unspecified atom stereocenters. The lowest BCUT2D eigenvalue weighted by Crippen LogP contribution is -2.29. The Kier molecular flexibility index (Phi) is 9.31. The average molecular weight is 534 g/mol. The van der Waals surface area contributed by atoms with Gasteiger partial charge in [0.05, 0.1) is 44.7 Å². The molecule has 2 heterocycles. The van der Waals surface area contributed by atoms with Gasteiger partial charge < -0.3 is 28.6 Å². The SMILES string of the molecule is CCCCCOc1ccc([C@@H]2C(=C(O)c3ccc(OCCC)cc3)C(=O)C(=O)N2Cc2ccco2)cc1OC. The van der Waals surface area contributed by atoms with E-state index in [2.05, 4.69) is 6.92 Å². The Hall–Kier alpha value is -4.20. The van der Waals surface area contributed by atoms with Gasteiger partial charge in [0.1, 0.15) is 17.3 Å². The molecule has 3 aromatic rings. The molecule has 206 valence electrons. The zero-order valence-corrected chi connectivity index (χ0v) is 22.6. The summed E-state index contributed by atoms with van der Waals surface area (Å²) >= 11 is 0. The van der Waals surface area contributed by atoms with E-state index in [-0.39, 0.29) is 17.9 Å². The number of hydrogen-bond acceptors (Lipinski definition) is 7. The molecular weight excluding hydrogens is 498 g/mol. The van der Waals surface area contributed by atoms with E-state index in [9.17, 15) is 14.7 Å². The van der Waals surface area contributed by atoms with E-state index in [4.69, 9.17) is 18.6 Å². The van der Waals surface area contributed by atoms with Crippen LogP contribution < -0.4 is 14.2 Å². The van der Waals surface area contributed by atoms with Gasteiger partial charge in [-0.3, -0.25) is 9.59 Å². The number of benzene rings is 2. The van der Waals surface area contributed by atoms with Crippen LogP contribution >= 0.6 is 0 Å². The van der Waals surface area contributed by atoms with Crippen molar-refractivity contribution in [2.75, 3.05) is 20.3 Å². The average Bonchev–Trinajstić information content (AvgIpc) is 3.56. The minimum Gasteiger partial charge on any atom is -0.507 e. The van der Waals surface area contributed by atoms with Crippen LogP contribution in [0.3, 0.4) is 0 Å². The van der Waals surface area contributed by atoms with Crippen LogP contribution in [0.5, 0.6) is 17.2 Å². The molecule has 1 atom stereocenters. The van der Waals surface area contributed by atoms with Crippen molar-refractivity contribution < 1.29 is 33.3 Å². The highest BCUT2D eigenvalue weighted by Gasteiger charge is 2.46. The minimum atomic E-state index is -0.867. The third kappa shape index (κ3) is 6.28. The summed E-state index contributed by atoms with van der Waals surface area (Å²) in [6.45, 7) is 5.33. The number of likely N-dealkylation sites (tertiary alicyclic amines) is 1. The highest BCUT2D eigenvalue weighted by molar-refractivity contribution is 6.46. The first-order valence-corrected chi connectivity index (χ1v) is 13.3.